The molecule has 3 aromatic rings. The highest BCUT2D eigenvalue weighted by atomic mass is 16.6. The number of hydrogen-bond donors (Lipinski definition) is 0. The molecule has 0 radical (unpaired) electrons. The maximum atomic E-state index is 5.82. The molecule has 24 heavy (non-hydrogen) atoms. The Morgan fingerprint density at radius 1 is 0.792 bits per heavy atom. The molecule has 4 rings (SSSR count). The molecule has 0 bridgehead atoms. The van der Waals surface area contributed by atoms with Gasteiger partial charge in [-0.15, -0.1) is 0 Å². The third-order valence-electron chi connectivity index (χ3n) is 4.13. The monoisotopic (exact) mass is 312 g/mol. The molecule has 0 aromatic heterocycles. The smallest absolute Gasteiger partial charge is 0.432 e. The molecule has 1 aliphatic rings. The highest BCUT2D eigenvalue weighted by Crippen LogP contribution is 2.24. The molecule has 0 unspecified atom stereocenters. The van der Waals surface area contributed by atoms with E-state index in [0.29, 0.717) is 0 Å². The van der Waals surface area contributed by atoms with Crippen molar-refractivity contribution in [3.05, 3.63) is 96.1 Å². The van der Waals surface area contributed by atoms with Gasteiger partial charge in [-0.25, -0.2) is 0 Å². The fourth-order valence-electron chi connectivity index (χ4n) is 2.87. The Labute approximate surface area is 142 Å². The highest BCUT2D eigenvalue weighted by Gasteiger charge is 2.39. The van der Waals surface area contributed by atoms with Gasteiger partial charge in [0.15, 0.2) is 5.84 Å². The molecule has 1 aliphatic heterocycles. The van der Waals surface area contributed by atoms with Crippen molar-refractivity contribution in [3.63, 3.8) is 0 Å². The van der Waals surface area contributed by atoms with Crippen LogP contribution >= 0.6 is 0 Å². The Balaban J connectivity index is 1.79. The van der Waals surface area contributed by atoms with Crippen LogP contribution in [0.3, 0.4) is 0 Å². The van der Waals surface area contributed by atoms with Crippen molar-refractivity contribution in [2.45, 2.75) is 6.92 Å². The molecule has 0 spiro atoms. The average Bonchev–Trinajstić information content (AvgIpc) is 3.09. The Bertz CT molecular complexity index is 848. The predicted octanol–water partition coefficient (Wildman–Crippen LogP) is 3.59. The van der Waals surface area contributed by atoms with Gasteiger partial charge in [0.1, 0.15) is 0 Å². The molecule has 3 aromatic carbocycles. The lowest BCUT2D eigenvalue weighted by atomic mass is 9.71. The highest BCUT2D eigenvalue weighted by molar-refractivity contribution is 6.76. The van der Waals surface area contributed by atoms with Gasteiger partial charge in [-0.1, -0.05) is 83.5 Å². The third kappa shape index (κ3) is 2.67. The minimum Gasteiger partial charge on any atom is -0.432 e. The van der Waals surface area contributed by atoms with E-state index < -0.39 is 0 Å². The molecule has 4 heteroatoms. The maximum absolute atomic E-state index is 5.82. The summed E-state index contributed by atoms with van der Waals surface area (Å²) in [5.41, 5.74) is 4.41. The normalized spacial score (nSPS) is 13.6. The second-order valence-electron chi connectivity index (χ2n) is 5.85. The Morgan fingerprint density at radius 2 is 1.42 bits per heavy atom. The molecule has 1 heterocycles. The van der Waals surface area contributed by atoms with E-state index in [4.69, 9.17) is 4.76 Å². The van der Waals surface area contributed by atoms with E-state index >= 15 is 0 Å². The van der Waals surface area contributed by atoms with E-state index in [0.717, 1.165) is 22.5 Å². The summed E-state index contributed by atoms with van der Waals surface area (Å²) in [4.78, 5) is 2.14. The van der Waals surface area contributed by atoms with Crippen LogP contribution in [0.4, 0.5) is 5.69 Å². The summed E-state index contributed by atoms with van der Waals surface area (Å²) in [6.07, 6.45) is 0. The number of hydrogen-bond acceptors (Lipinski definition) is 3. The van der Waals surface area contributed by atoms with Crippen molar-refractivity contribution in [2.75, 3.05) is 4.81 Å². The van der Waals surface area contributed by atoms with Crippen LogP contribution in [0.5, 0.6) is 0 Å². The summed E-state index contributed by atoms with van der Waals surface area (Å²) in [5, 5.41) is 4.39. The summed E-state index contributed by atoms with van der Waals surface area (Å²) in [7, 11) is -0.260. The molecule has 3 nitrogen and oxygen atoms in total. The first kappa shape index (κ1) is 14.6. The van der Waals surface area contributed by atoms with Crippen LogP contribution in [0, 0.1) is 6.92 Å². The maximum Gasteiger partial charge on any atom is 0.550 e. The van der Waals surface area contributed by atoms with E-state index in [1.54, 1.807) is 0 Å². The van der Waals surface area contributed by atoms with E-state index in [2.05, 4.69) is 65.4 Å². The number of oxime groups is 1. The molecule has 0 saturated heterocycles. The second kappa shape index (κ2) is 6.24. The van der Waals surface area contributed by atoms with Gasteiger partial charge in [-0.3, -0.25) is 0 Å². The lowest BCUT2D eigenvalue weighted by Crippen LogP contribution is -2.49. The van der Waals surface area contributed by atoms with Gasteiger partial charge < -0.3 is 9.57 Å². The van der Waals surface area contributed by atoms with Crippen molar-refractivity contribution in [2.24, 2.45) is 5.16 Å². The molecule has 116 valence electrons. The van der Waals surface area contributed by atoms with E-state index in [1.165, 1.54) is 5.56 Å². The molecule has 0 amide bonds. The summed E-state index contributed by atoms with van der Waals surface area (Å²) >= 11 is 0. The van der Waals surface area contributed by atoms with Crippen molar-refractivity contribution < 1.29 is 4.76 Å². The average molecular weight is 312 g/mol. The van der Waals surface area contributed by atoms with E-state index in [9.17, 15) is 0 Å². The van der Waals surface area contributed by atoms with E-state index in [-0.39, 0.29) is 7.05 Å². The van der Waals surface area contributed by atoms with Crippen molar-refractivity contribution >= 4 is 24.0 Å². The van der Waals surface area contributed by atoms with Crippen LogP contribution in [0.15, 0.2) is 90.1 Å². The first-order valence-corrected chi connectivity index (χ1v) is 8.03. The molecule has 0 fully saturated rings. The summed E-state index contributed by atoms with van der Waals surface area (Å²) in [5.74, 6) is 0.827. The van der Waals surface area contributed by atoms with Crippen LogP contribution in [0.1, 0.15) is 11.1 Å². The Morgan fingerprint density at radius 3 is 2.08 bits per heavy atom. The molecular formula is C20H17BN2O. The molecule has 0 aliphatic carbocycles. The second-order valence-corrected chi connectivity index (χ2v) is 5.85. The number of nitrogens with zero attached hydrogens (tertiary/aromatic N) is 2. The van der Waals surface area contributed by atoms with Crippen molar-refractivity contribution in [3.8, 4) is 0 Å². The third-order valence-corrected chi connectivity index (χ3v) is 4.13. The van der Waals surface area contributed by atoms with Gasteiger partial charge >= 0.3 is 7.05 Å². The SMILES string of the molecule is Cc1ccc(N2B(c3ccccc3)ON=C2c2ccccc2)cc1. The lowest BCUT2D eigenvalue weighted by molar-refractivity contribution is 0.367. The minimum atomic E-state index is -0.260. The minimum absolute atomic E-state index is 0.260. The predicted molar refractivity (Wildman–Crippen MR) is 99.6 cm³/mol. The zero-order valence-electron chi connectivity index (χ0n) is 13.5. The van der Waals surface area contributed by atoms with Gasteiger partial charge in [0.05, 0.1) is 0 Å². The lowest BCUT2D eigenvalue weighted by Gasteiger charge is -2.23. The standard InChI is InChI=1S/C20H17BN2O/c1-16-12-14-19(15-13-16)23-20(17-8-4-2-5-9-17)22-24-21(23)18-10-6-3-7-11-18/h2-15H,1H3. The van der Waals surface area contributed by atoms with Gasteiger partial charge in [0, 0.05) is 11.3 Å². The summed E-state index contributed by atoms with van der Waals surface area (Å²) < 4.78 is 5.82. The van der Waals surface area contributed by atoms with Gasteiger partial charge in [-0.05, 0) is 24.5 Å². The first-order chi connectivity index (χ1) is 11.8. The van der Waals surface area contributed by atoms with Crippen molar-refractivity contribution in [1.29, 1.82) is 0 Å². The molecule has 0 saturated carbocycles. The quantitative estimate of drug-likeness (QED) is 0.691. The van der Waals surface area contributed by atoms with Crippen LogP contribution < -0.4 is 10.3 Å². The zero-order valence-corrected chi connectivity index (χ0v) is 13.5. The van der Waals surface area contributed by atoms with Crippen LogP contribution in [0.25, 0.3) is 0 Å². The van der Waals surface area contributed by atoms with Gasteiger partial charge in [0.25, 0.3) is 0 Å². The Kier molecular flexibility index (Phi) is 3.79. The fraction of sp³-hybridized carbons (Fsp3) is 0.0500. The number of amidine groups is 1. The molecule has 0 N–H and O–H groups in total. The van der Waals surface area contributed by atoms with Crippen molar-refractivity contribution in [1.82, 2.24) is 0 Å². The fourth-order valence-corrected chi connectivity index (χ4v) is 2.87. The van der Waals surface area contributed by atoms with Gasteiger partial charge in [0.2, 0.25) is 0 Å². The first-order valence-electron chi connectivity index (χ1n) is 8.03. The van der Waals surface area contributed by atoms with Crippen LogP contribution in [-0.2, 0) is 4.76 Å². The largest absolute Gasteiger partial charge is 0.550 e. The Hall–Kier alpha value is -3.01. The zero-order chi connectivity index (χ0) is 16.4. The van der Waals surface area contributed by atoms with E-state index in [1.807, 2.05) is 36.4 Å². The van der Waals surface area contributed by atoms with Crippen LogP contribution in [-0.4, -0.2) is 12.9 Å². The number of benzene rings is 3. The van der Waals surface area contributed by atoms with Crippen LogP contribution in [0.2, 0.25) is 0 Å². The van der Waals surface area contributed by atoms with Gasteiger partial charge in [-0.2, -0.15) is 0 Å². The molecule has 0 atom stereocenters. The number of rotatable bonds is 3. The molecular weight excluding hydrogens is 295 g/mol. The topological polar surface area (TPSA) is 24.8 Å². The number of aryl methyl sites for hydroxylation is 1. The summed E-state index contributed by atoms with van der Waals surface area (Å²) in [6.45, 7) is 2.09. The summed E-state index contributed by atoms with van der Waals surface area (Å²) in [6, 6.07) is 28.8. The number of anilines is 1.